The number of hydrogen-bond donors (Lipinski definition) is 2. The predicted molar refractivity (Wildman–Crippen MR) is 69.8 cm³/mol. The van der Waals surface area contributed by atoms with E-state index in [1.54, 1.807) is 6.07 Å². The Hall–Kier alpha value is -1.36. The Morgan fingerprint density at radius 1 is 1.41 bits per heavy atom. The molecule has 0 aliphatic heterocycles. The van der Waals surface area contributed by atoms with Crippen LogP contribution in [0.3, 0.4) is 0 Å². The van der Waals surface area contributed by atoms with E-state index in [-0.39, 0.29) is 10.6 Å². The molecule has 0 amide bonds. The van der Waals surface area contributed by atoms with E-state index < -0.39 is 0 Å². The summed E-state index contributed by atoms with van der Waals surface area (Å²) in [5.74, 6) is 0.719. The summed E-state index contributed by atoms with van der Waals surface area (Å²) in [6, 6.07) is 1.55. The maximum atomic E-state index is 11.7. The number of aromatic nitrogens is 2. The number of rotatable bonds is 5. The lowest BCUT2D eigenvalue weighted by Gasteiger charge is -2.00. The highest BCUT2D eigenvalue weighted by molar-refractivity contribution is 7.20. The summed E-state index contributed by atoms with van der Waals surface area (Å²) < 4.78 is 0.500. The Morgan fingerprint density at radius 2 is 2.24 bits per heavy atom. The minimum Gasteiger partial charge on any atom is -0.499 e. The maximum Gasteiger partial charge on any atom is 0.268 e. The Bertz CT molecular complexity index is 559. The van der Waals surface area contributed by atoms with Crippen molar-refractivity contribution in [3.05, 3.63) is 22.2 Å². The second-order valence-electron chi connectivity index (χ2n) is 4.12. The summed E-state index contributed by atoms with van der Waals surface area (Å²) in [6.07, 6.45) is 5.40. The van der Waals surface area contributed by atoms with Gasteiger partial charge in [0.05, 0.1) is 5.52 Å². The highest BCUT2D eigenvalue weighted by atomic mass is 32.1. The Kier molecular flexibility index (Phi) is 3.78. The second kappa shape index (κ2) is 5.31. The molecule has 0 unspecified atom stereocenters. The molecule has 4 nitrogen and oxygen atoms in total. The van der Waals surface area contributed by atoms with Gasteiger partial charge >= 0.3 is 0 Å². The monoisotopic (exact) mass is 252 g/mol. The van der Waals surface area contributed by atoms with Crippen molar-refractivity contribution < 1.29 is 5.11 Å². The van der Waals surface area contributed by atoms with Crippen LogP contribution in [-0.4, -0.2) is 15.1 Å². The van der Waals surface area contributed by atoms with Gasteiger partial charge in [-0.2, -0.15) is 0 Å². The van der Waals surface area contributed by atoms with Crippen LogP contribution in [0.4, 0.5) is 0 Å². The standard InChI is InChI=1S/C12H16N2O2S/c1-2-3-4-5-6-9-13-8-7-10(15)17-11(8)12(16)14-9/h7,15H,2-6H2,1H3,(H,13,14,16). The van der Waals surface area contributed by atoms with Crippen molar-refractivity contribution in [3.8, 4) is 5.06 Å². The van der Waals surface area contributed by atoms with Crippen LogP contribution in [0.25, 0.3) is 10.2 Å². The van der Waals surface area contributed by atoms with Crippen LogP contribution < -0.4 is 5.56 Å². The zero-order valence-corrected chi connectivity index (χ0v) is 10.6. The van der Waals surface area contributed by atoms with Gasteiger partial charge in [0, 0.05) is 12.5 Å². The molecule has 0 saturated heterocycles. The molecule has 0 saturated carbocycles. The lowest BCUT2D eigenvalue weighted by atomic mass is 10.1. The molecular formula is C12H16N2O2S. The number of aromatic hydroxyl groups is 1. The molecule has 2 rings (SSSR count). The molecule has 0 spiro atoms. The number of thiophene rings is 1. The number of hydrogen-bond acceptors (Lipinski definition) is 4. The van der Waals surface area contributed by atoms with Crippen LogP contribution in [0.1, 0.15) is 38.4 Å². The zero-order chi connectivity index (χ0) is 12.3. The van der Waals surface area contributed by atoms with Gasteiger partial charge in [-0.3, -0.25) is 4.79 Å². The van der Waals surface area contributed by atoms with Gasteiger partial charge < -0.3 is 10.1 Å². The van der Waals surface area contributed by atoms with Gasteiger partial charge in [-0.15, -0.1) is 0 Å². The number of nitrogens with zero attached hydrogens (tertiary/aromatic N) is 1. The third-order valence-electron chi connectivity index (χ3n) is 2.69. The molecule has 2 aromatic heterocycles. The summed E-state index contributed by atoms with van der Waals surface area (Å²) in [5, 5.41) is 9.48. The first kappa shape index (κ1) is 12.1. The van der Waals surface area contributed by atoms with Crippen LogP contribution in [0.2, 0.25) is 0 Å². The summed E-state index contributed by atoms with van der Waals surface area (Å²) in [7, 11) is 0. The number of aryl methyl sites for hydroxylation is 1. The predicted octanol–water partition coefficient (Wildman–Crippen LogP) is 2.81. The van der Waals surface area contributed by atoms with E-state index in [0.29, 0.717) is 10.2 Å². The van der Waals surface area contributed by atoms with E-state index in [0.717, 1.165) is 36.4 Å². The molecular weight excluding hydrogens is 236 g/mol. The third-order valence-corrected chi connectivity index (χ3v) is 3.61. The molecule has 92 valence electrons. The number of unbranched alkanes of at least 4 members (excludes halogenated alkanes) is 3. The van der Waals surface area contributed by atoms with Crippen LogP contribution in [-0.2, 0) is 6.42 Å². The zero-order valence-electron chi connectivity index (χ0n) is 9.82. The maximum absolute atomic E-state index is 11.7. The fourth-order valence-corrected chi connectivity index (χ4v) is 2.55. The van der Waals surface area contributed by atoms with Gasteiger partial charge in [0.25, 0.3) is 5.56 Å². The molecule has 17 heavy (non-hydrogen) atoms. The van der Waals surface area contributed by atoms with E-state index >= 15 is 0 Å². The fourth-order valence-electron chi connectivity index (χ4n) is 1.81. The lowest BCUT2D eigenvalue weighted by Crippen LogP contribution is -2.10. The molecule has 0 fully saturated rings. The van der Waals surface area contributed by atoms with Gasteiger partial charge in [-0.25, -0.2) is 4.98 Å². The van der Waals surface area contributed by atoms with Crippen molar-refractivity contribution in [2.24, 2.45) is 0 Å². The summed E-state index contributed by atoms with van der Waals surface area (Å²) in [5.41, 5.74) is 0.451. The van der Waals surface area contributed by atoms with Gasteiger partial charge in [0.1, 0.15) is 10.5 Å². The number of aromatic amines is 1. The van der Waals surface area contributed by atoms with Gasteiger partial charge in [-0.1, -0.05) is 37.5 Å². The third kappa shape index (κ3) is 2.85. The minimum atomic E-state index is -0.147. The molecule has 0 aromatic carbocycles. The highest BCUT2D eigenvalue weighted by Crippen LogP contribution is 2.26. The Balaban J connectivity index is 2.16. The van der Waals surface area contributed by atoms with Crippen LogP contribution >= 0.6 is 11.3 Å². The van der Waals surface area contributed by atoms with E-state index in [1.165, 1.54) is 12.8 Å². The number of H-pyrrole nitrogens is 1. The van der Waals surface area contributed by atoms with Gasteiger partial charge in [0.15, 0.2) is 5.06 Å². The molecule has 2 heterocycles. The summed E-state index contributed by atoms with van der Waals surface area (Å²) >= 11 is 1.07. The average molecular weight is 252 g/mol. The first-order valence-corrected chi connectivity index (χ1v) is 6.74. The van der Waals surface area contributed by atoms with Crippen LogP contribution in [0.5, 0.6) is 5.06 Å². The van der Waals surface area contributed by atoms with E-state index in [9.17, 15) is 9.90 Å². The summed E-state index contributed by atoms with van der Waals surface area (Å²) in [4.78, 5) is 18.8. The molecule has 2 N–H and O–H groups in total. The van der Waals surface area contributed by atoms with E-state index in [4.69, 9.17) is 0 Å². The Labute approximate surface area is 103 Å². The SMILES string of the molecule is CCCCCCc1nc2cc(O)sc2c(=O)[nH]1. The number of nitrogens with one attached hydrogen (secondary N) is 1. The molecule has 0 radical (unpaired) electrons. The smallest absolute Gasteiger partial charge is 0.268 e. The fraction of sp³-hybridized carbons (Fsp3) is 0.500. The van der Waals surface area contributed by atoms with Crippen molar-refractivity contribution >= 4 is 21.6 Å². The average Bonchev–Trinajstić information content (AvgIpc) is 2.66. The van der Waals surface area contributed by atoms with Gasteiger partial charge in [0.2, 0.25) is 0 Å². The molecule has 0 aliphatic carbocycles. The van der Waals surface area contributed by atoms with Crippen LogP contribution in [0, 0.1) is 0 Å². The van der Waals surface area contributed by atoms with Crippen LogP contribution in [0.15, 0.2) is 10.9 Å². The topological polar surface area (TPSA) is 66.0 Å². The molecule has 5 heteroatoms. The van der Waals surface area contributed by atoms with E-state index in [2.05, 4.69) is 16.9 Å². The molecule has 0 atom stereocenters. The lowest BCUT2D eigenvalue weighted by molar-refractivity contribution is 0.491. The van der Waals surface area contributed by atoms with Crippen molar-refractivity contribution in [1.29, 1.82) is 0 Å². The number of fused-ring (bicyclic) bond motifs is 1. The largest absolute Gasteiger partial charge is 0.499 e. The van der Waals surface area contributed by atoms with Gasteiger partial charge in [-0.05, 0) is 6.42 Å². The first-order chi connectivity index (χ1) is 8.20. The molecule has 2 aromatic rings. The van der Waals surface area contributed by atoms with Crippen molar-refractivity contribution in [1.82, 2.24) is 9.97 Å². The van der Waals surface area contributed by atoms with Crippen molar-refractivity contribution in [2.45, 2.75) is 39.0 Å². The summed E-state index contributed by atoms with van der Waals surface area (Å²) in [6.45, 7) is 2.17. The Morgan fingerprint density at radius 3 is 3.00 bits per heavy atom. The van der Waals surface area contributed by atoms with Crippen molar-refractivity contribution in [3.63, 3.8) is 0 Å². The second-order valence-corrected chi connectivity index (χ2v) is 5.15. The normalized spacial score (nSPS) is 11.1. The molecule has 0 bridgehead atoms. The quantitative estimate of drug-likeness (QED) is 0.804. The van der Waals surface area contributed by atoms with E-state index in [1.807, 2.05) is 0 Å². The van der Waals surface area contributed by atoms with Crippen molar-refractivity contribution in [2.75, 3.05) is 0 Å². The molecule has 0 aliphatic rings. The highest BCUT2D eigenvalue weighted by Gasteiger charge is 2.07. The minimum absolute atomic E-state index is 0.140. The first-order valence-electron chi connectivity index (χ1n) is 5.92.